The first-order valence-electron chi connectivity index (χ1n) is 9.67. The Morgan fingerprint density at radius 3 is 2.68 bits per heavy atom. The van der Waals surface area contributed by atoms with E-state index in [1.807, 2.05) is 32.9 Å². The van der Waals surface area contributed by atoms with Gasteiger partial charge in [0.15, 0.2) is 0 Å². The van der Waals surface area contributed by atoms with Gasteiger partial charge in [0.05, 0.1) is 13.7 Å². The number of amides is 1. The molecule has 1 saturated heterocycles. The number of likely N-dealkylation sites (tertiary alicyclic amines) is 1. The molecule has 0 bridgehead atoms. The summed E-state index contributed by atoms with van der Waals surface area (Å²) in [4.78, 5) is 24.8. The Kier molecular flexibility index (Phi) is 7.54. The topological polar surface area (TPSA) is 85.3 Å². The summed E-state index contributed by atoms with van der Waals surface area (Å²) in [6.45, 7) is 7.41. The van der Waals surface area contributed by atoms with Gasteiger partial charge >= 0.3 is 12.1 Å². The summed E-state index contributed by atoms with van der Waals surface area (Å²) >= 11 is 0. The molecular formula is C21H31NO6. The molecule has 28 heavy (non-hydrogen) atoms. The Hall–Kier alpha value is -2.44. The van der Waals surface area contributed by atoms with E-state index in [0.29, 0.717) is 37.6 Å². The lowest BCUT2D eigenvalue weighted by molar-refractivity contribution is -0.136. The number of hydrogen-bond acceptors (Lipinski definition) is 5. The quantitative estimate of drug-likeness (QED) is 0.760. The van der Waals surface area contributed by atoms with E-state index in [9.17, 15) is 9.59 Å². The molecule has 0 aromatic heterocycles. The van der Waals surface area contributed by atoms with Crippen molar-refractivity contribution in [2.24, 2.45) is 5.92 Å². The lowest BCUT2D eigenvalue weighted by atomic mass is 9.99. The highest BCUT2D eigenvalue weighted by molar-refractivity contribution is 5.68. The molecule has 1 aliphatic heterocycles. The van der Waals surface area contributed by atoms with Crippen LogP contribution in [-0.4, -0.2) is 54.5 Å². The molecule has 0 saturated carbocycles. The van der Waals surface area contributed by atoms with Crippen LogP contribution in [0.25, 0.3) is 0 Å². The summed E-state index contributed by atoms with van der Waals surface area (Å²) in [7, 11) is 1.56. The average Bonchev–Trinajstić information content (AvgIpc) is 2.63. The van der Waals surface area contributed by atoms with Crippen LogP contribution in [0.3, 0.4) is 0 Å². The van der Waals surface area contributed by atoms with Crippen LogP contribution in [0.5, 0.6) is 11.5 Å². The highest BCUT2D eigenvalue weighted by Crippen LogP contribution is 2.27. The fourth-order valence-electron chi connectivity index (χ4n) is 3.17. The molecule has 7 nitrogen and oxygen atoms in total. The van der Waals surface area contributed by atoms with E-state index in [1.165, 1.54) is 0 Å². The van der Waals surface area contributed by atoms with Crippen molar-refractivity contribution in [1.82, 2.24) is 4.90 Å². The number of rotatable bonds is 7. The van der Waals surface area contributed by atoms with Crippen LogP contribution in [0.4, 0.5) is 4.79 Å². The zero-order valence-electron chi connectivity index (χ0n) is 17.2. The van der Waals surface area contributed by atoms with Crippen LogP contribution in [0, 0.1) is 5.92 Å². The van der Waals surface area contributed by atoms with Gasteiger partial charge in [0.2, 0.25) is 0 Å². The predicted octanol–water partition coefficient (Wildman–Crippen LogP) is 3.74. The average molecular weight is 393 g/mol. The largest absolute Gasteiger partial charge is 0.496 e. The Morgan fingerprint density at radius 2 is 2.04 bits per heavy atom. The molecule has 1 aliphatic rings. The van der Waals surface area contributed by atoms with Crippen LogP contribution >= 0.6 is 0 Å². The number of ether oxygens (including phenoxy) is 3. The summed E-state index contributed by atoms with van der Waals surface area (Å²) in [5.74, 6) is 0.691. The van der Waals surface area contributed by atoms with Gasteiger partial charge in [0.25, 0.3) is 0 Å². The summed E-state index contributed by atoms with van der Waals surface area (Å²) in [5.41, 5.74) is 0.338. The highest BCUT2D eigenvalue weighted by atomic mass is 16.6. The summed E-state index contributed by atoms with van der Waals surface area (Å²) in [5, 5.41) is 8.84. The minimum atomic E-state index is -0.839. The number of carboxylic acid groups (broad SMARTS) is 1. The number of hydrogen-bond donors (Lipinski definition) is 1. The minimum Gasteiger partial charge on any atom is -0.496 e. The molecule has 1 heterocycles. The lowest BCUT2D eigenvalue weighted by Gasteiger charge is -2.34. The number of carboxylic acids is 1. The molecule has 156 valence electrons. The third-order valence-corrected chi connectivity index (χ3v) is 4.52. The van der Waals surface area contributed by atoms with Gasteiger partial charge in [-0.25, -0.2) is 4.79 Å². The molecule has 1 fully saturated rings. The molecule has 0 spiro atoms. The predicted molar refractivity (Wildman–Crippen MR) is 105 cm³/mol. The monoisotopic (exact) mass is 393 g/mol. The molecule has 1 aromatic rings. The zero-order chi connectivity index (χ0) is 20.7. The van der Waals surface area contributed by atoms with E-state index in [1.54, 1.807) is 18.1 Å². The van der Waals surface area contributed by atoms with Crippen molar-refractivity contribution >= 4 is 12.1 Å². The van der Waals surface area contributed by atoms with Gasteiger partial charge in [0.1, 0.15) is 17.1 Å². The number of nitrogens with zero attached hydrogens (tertiary/aromatic N) is 1. The number of methoxy groups -OCH3 is 1. The molecule has 7 heteroatoms. The van der Waals surface area contributed by atoms with E-state index in [0.717, 1.165) is 18.4 Å². The molecule has 1 unspecified atom stereocenters. The van der Waals surface area contributed by atoms with Crippen molar-refractivity contribution < 1.29 is 28.9 Å². The fourth-order valence-corrected chi connectivity index (χ4v) is 3.17. The van der Waals surface area contributed by atoms with Gasteiger partial charge in [0, 0.05) is 31.5 Å². The molecule has 0 radical (unpaired) electrons. The summed E-state index contributed by atoms with van der Waals surface area (Å²) in [6.07, 6.45) is 2.10. The van der Waals surface area contributed by atoms with Gasteiger partial charge in [-0.05, 0) is 51.7 Å². The second-order valence-electron chi connectivity index (χ2n) is 8.11. The first-order valence-corrected chi connectivity index (χ1v) is 9.67. The standard InChI is InChI=1S/C21H31NO6/c1-21(2,3)28-20(25)22-11-5-6-15(13-22)14-27-17-9-7-16(8-10-19(23)24)18(12-17)26-4/h7,9,12,15H,5-6,8,10-11,13-14H2,1-4H3,(H,23,24). The lowest BCUT2D eigenvalue weighted by Crippen LogP contribution is -2.44. The van der Waals surface area contributed by atoms with Gasteiger partial charge in [-0.15, -0.1) is 0 Å². The number of carbonyl (C=O) groups excluding carboxylic acids is 1. The number of benzene rings is 1. The molecule has 0 aliphatic carbocycles. The number of aliphatic carboxylic acids is 1. The SMILES string of the molecule is COc1cc(OCC2CCCN(C(=O)OC(C)(C)C)C2)ccc1CCC(=O)O. The first kappa shape index (κ1) is 21.9. The Balaban J connectivity index is 1.90. The minimum absolute atomic E-state index is 0.0547. The van der Waals surface area contributed by atoms with Crippen molar-refractivity contribution in [2.45, 2.75) is 52.1 Å². The zero-order valence-corrected chi connectivity index (χ0v) is 17.2. The van der Waals surface area contributed by atoms with E-state index in [2.05, 4.69) is 0 Å². The number of carbonyl (C=O) groups is 2. The number of aryl methyl sites for hydroxylation is 1. The Bertz CT molecular complexity index is 682. The third-order valence-electron chi connectivity index (χ3n) is 4.52. The molecule has 2 rings (SSSR count). The Morgan fingerprint density at radius 1 is 1.29 bits per heavy atom. The molecular weight excluding hydrogens is 362 g/mol. The molecule has 1 atom stereocenters. The normalized spacial score (nSPS) is 17.1. The molecule has 1 aromatic carbocycles. The highest BCUT2D eigenvalue weighted by Gasteiger charge is 2.28. The Labute approximate surface area is 166 Å². The van der Waals surface area contributed by atoms with Crippen LogP contribution in [0.15, 0.2) is 18.2 Å². The van der Waals surface area contributed by atoms with E-state index >= 15 is 0 Å². The van der Waals surface area contributed by atoms with Crippen LogP contribution in [-0.2, 0) is 16.0 Å². The van der Waals surface area contributed by atoms with Crippen molar-refractivity contribution in [3.05, 3.63) is 23.8 Å². The molecule has 1 amide bonds. The van der Waals surface area contributed by atoms with E-state index in [-0.39, 0.29) is 18.4 Å². The maximum absolute atomic E-state index is 12.3. The van der Waals surface area contributed by atoms with Crippen molar-refractivity contribution in [3.8, 4) is 11.5 Å². The van der Waals surface area contributed by atoms with Crippen LogP contribution in [0.1, 0.15) is 45.6 Å². The van der Waals surface area contributed by atoms with E-state index < -0.39 is 11.6 Å². The van der Waals surface area contributed by atoms with Crippen LogP contribution in [0.2, 0.25) is 0 Å². The second-order valence-corrected chi connectivity index (χ2v) is 8.11. The van der Waals surface area contributed by atoms with Gasteiger partial charge in [-0.3, -0.25) is 4.79 Å². The van der Waals surface area contributed by atoms with Crippen molar-refractivity contribution in [1.29, 1.82) is 0 Å². The maximum Gasteiger partial charge on any atom is 0.410 e. The van der Waals surface area contributed by atoms with Gasteiger partial charge < -0.3 is 24.2 Å². The van der Waals surface area contributed by atoms with Gasteiger partial charge in [-0.2, -0.15) is 0 Å². The van der Waals surface area contributed by atoms with E-state index in [4.69, 9.17) is 19.3 Å². The van der Waals surface area contributed by atoms with Crippen molar-refractivity contribution in [2.75, 3.05) is 26.8 Å². The summed E-state index contributed by atoms with van der Waals surface area (Å²) < 4.78 is 16.7. The summed E-state index contributed by atoms with van der Waals surface area (Å²) in [6, 6.07) is 5.45. The maximum atomic E-state index is 12.3. The second kappa shape index (κ2) is 9.66. The van der Waals surface area contributed by atoms with Crippen molar-refractivity contribution in [3.63, 3.8) is 0 Å². The smallest absolute Gasteiger partial charge is 0.410 e. The molecule has 1 N–H and O–H groups in total. The third kappa shape index (κ3) is 6.94. The fraction of sp³-hybridized carbons (Fsp3) is 0.619. The van der Waals surface area contributed by atoms with Crippen LogP contribution < -0.4 is 9.47 Å². The number of piperidine rings is 1. The van der Waals surface area contributed by atoms with Gasteiger partial charge in [-0.1, -0.05) is 6.07 Å². The first-order chi connectivity index (χ1) is 13.2.